The van der Waals surface area contributed by atoms with E-state index >= 15 is 0 Å². The number of ether oxygens (including phenoxy) is 4. The smallest absolute Gasteiger partial charge is 0.256 e. The number of carbonyl (C=O) groups excluding carboxylic acids is 4. The monoisotopic (exact) mass is 566 g/mol. The van der Waals surface area contributed by atoms with E-state index in [4.69, 9.17) is 18.9 Å². The largest absolute Gasteiger partial charge is 0.497 e. The predicted molar refractivity (Wildman–Crippen MR) is 155 cm³/mol. The first kappa shape index (κ1) is 27.9. The fraction of sp³-hybridized carbons (Fsp3) is 0.125. The number of amides is 2. The Labute approximate surface area is 241 Å². The minimum absolute atomic E-state index is 0.00978. The molecule has 2 amide bonds. The van der Waals surface area contributed by atoms with E-state index in [2.05, 4.69) is 10.6 Å². The van der Waals surface area contributed by atoms with Crippen molar-refractivity contribution in [1.82, 2.24) is 0 Å². The molecule has 0 radical (unpaired) electrons. The van der Waals surface area contributed by atoms with E-state index in [1.165, 1.54) is 52.7 Å². The third-order valence-corrected chi connectivity index (χ3v) is 6.75. The number of hydrogen-bond acceptors (Lipinski definition) is 8. The summed E-state index contributed by atoms with van der Waals surface area (Å²) >= 11 is 0. The maximum absolute atomic E-state index is 13.7. The van der Waals surface area contributed by atoms with E-state index in [1.54, 1.807) is 48.5 Å². The number of fused-ring (bicyclic) bond motifs is 2. The van der Waals surface area contributed by atoms with Gasteiger partial charge < -0.3 is 29.6 Å². The summed E-state index contributed by atoms with van der Waals surface area (Å²) in [7, 11) is 5.90. The molecule has 1 aliphatic rings. The van der Waals surface area contributed by atoms with Crippen LogP contribution in [-0.2, 0) is 0 Å². The van der Waals surface area contributed by atoms with Crippen molar-refractivity contribution in [3.8, 4) is 23.0 Å². The number of carbonyl (C=O) groups is 4. The van der Waals surface area contributed by atoms with E-state index in [0.717, 1.165) is 0 Å². The normalized spacial score (nSPS) is 11.6. The van der Waals surface area contributed by atoms with Gasteiger partial charge in [0, 0.05) is 75.6 Å². The summed E-state index contributed by atoms with van der Waals surface area (Å²) in [6, 6.07) is 18.6. The molecule has 0 unspecified atom stereocenters. The molecule has 212 valence electrons. The van der Waals surface area contributed by atoms with E-state index < -0.39 is 23.4 Å². The molecule has 0 aliphatic heterocycles. The maximum atomic E-state index is 13.7. The van der Waals surface area contributed by atoms with Gasteiger partial charge in [0.15, 0.2) is 11.6 Å². The molecule has 0 aromatic heterocycles. The summed E-state index contributed by atoms with van der Waals surface area (Å²) in [4.78, 5) is 54.4. The summed E-state index contributed by atoms with van der Waals surface area (Å²) in [6.07, 6.45) is 0. The van der Waals surface area contributed by atoms with Gasteiger partial charge in [-0.1, -0.05) is 24.3 Å². The zero-order chi connectivity index (χ0) is 30.0. The van der Waals surface area contributed by atoms with Crippen LogP contribution in [0.5, 0.6) is 23.0 Å². The average molecular weight is 567 g/mol. The number of nitrogens with one attached hydrogen (secondary N) is 2. The first-order valence-electron chi connectivity index (χ1n) is 12.7. The Morgan fingerprint density at radius 3 is 1.48 bits per heavy atom. The first-order chi connectivity index (χ1) is 20.3. The van der Waals surface area contributed by atoms with Crippen LogP contribution in [0.15, 0.2) is 72.8 Å². The number of hydrogen-bond donors (Lipinski definition) is 2. The molecule has 0 spiro atoms. The molecule has 4 aromatic carbocycles. The van der Waals surface area contributed by atoms with Crippen molar-refractivity contribution >= 4 is 34.8 Å². The summed E-state index contributed by atoms with van der Waals surface area (Å²) in [5.74, 6) is -0.568. The van der Waals surface area contributed by atoms with E-state index in [9.17, 15) is 19.2 Å². The number of anilines is 2. The lowest BCUT2D eigenvalue weighted by Gasteiger charge is -2.21. The minimum atomic E-state index is -0.709. The molecular formula is C32H26N2O8. The van der Waals surface area contributed by atoms with Gasteiger partial charge in [-0.05, 0) is 12.1 Å². The molecule has 42 heavy (non-hydrogen) atoms. The van der Waals surface area contributed by atoms with Gasteiger partial charge in [-0.3, -0.25) is 19.2 Å². The molecule has 1 aliphatic carbocycles. The van der Waals surface area contributed by atoms with Crippen molar-refractivity contribution in [1.29, 1.82) is 0 Å². The van der Waals surface area contributed by atoms with Crippen molar-refractivity contribution in [3.63, 3.8) is 0 Å². The second kappa shape index (κ2) is 11.5. The van der Waals surface area contributed by atoms with Crippen LogP contribution in [0.1, 0.15) is 52.6 Å². The highest BCUT2D eigenvalue weighted by molar-refractivity contribution is 6.32. The van der Waals surface area contributed by atoms with Gasteiger partial charge in [0.2, 0.25) is 0 Å². The molecule has 2 N–H and O–H groups in total. The molecule has 4 aromatic rings. The van der Waals surface area contributed by atoms with Crippen molar-refractivity contribution < 1.29 is 38.1 Å². The van der Waals surface area contributed by atoms with Crippen molar-refractivity contribution in [2.24, 2.45) is 0 Å². The Balaban J connectivity index is 1.60. The lowest BCUT2D eigenvalue weighted by atomic mass is 9.80. The summed E-state index contributed by atoms with van der Waals surface area (Å²) < 4.78 is 21.1. The quantitative estimate of drug-likeness (QED) is 0.269. The highest BCUT2D eigenvalue weighted by Gasteiger charge is 2.34. The van der Waals surface area contributed by atoms with Gasteiger partial charge in [0.1, 0.15) is 23.0 Å². The third-order valence-electron chi connectivity index (χ3n) is 6.75. The average Bonchev–Trinajstić information content (AvgIpc) is 3.02. The standard InChI is InChI=1S/C32H26N2O8/c1-39-20-11-18(12-21(15-20)40-2)33-31(37)17-9-26-28(30(36)25-8-6-5-7-24(25)29(26)35)27(10-17)32(38)34-19-13-22(41-3)16-23(14-19)42-4/h5-16H,1-4H3,(H,33,37)(H,34,38). The zero-order valence-electron chi connectivity index (χ0n) is 23.2. The number of ketones is 2. The summed E-state index contributed by atoms with van der Waals surface area (Å²) in [6.45, 7) is 0. The molecule has 10 nitrogen and oxygen atoms in total. The van der Waals surface area contributed by atoms with Crippen LogP contribution in [0.2, 0.25) is 0 Å². The number of benzene rings is 4. The van der Waals surface area contributed by atoms with Crippen molar-refractivity contribution in [3.05, 3.63) is 106 Å². The van der Waals surface area contributed by atoms with Gasteiger partial charge in [-0.15, -0.1) is 0 Å². The molecular weight excluding hydrogens is 540 g/mol. The van der Waals surface area contributed by atoms with Crippen LogP contribution in [0.3, 0.4) is 0 Å². The molecule has 0 saturated heterocycles. The van der Waals surface area contributed by atoms with Crippen molar-refractivity contribution in [2.45, 2.75) is 0 Å². The van der Waals surface area contributed by atoms with Gasteiger partial charge >= 0.3 is 0 Å². The topological polar surface area (TPSA) is 129 Å². The van der Waals surface area contributed by atoms with Gasteiger partial charge in [0.05, 0.1) is 34.0 Å². The fourth-order valence-electron chi connectivity index (χ4n) is 4.70. The molecule has 0 bridgehead atoms. The third kappa shape index (κ3) is 5.25. The highest BCUT2D eigenvalue weighted by Crippen LogP contribution is 2.33. The molecule has 10 heteroatoms. The fourth-order valence-corrected chi connectivity index (χ4v) is 4.70. The maximum Gasteiger partial charge on any atom is 0.256 e. The number of rotatable bonds is 8. The molecule has 0 heterocycles. The second-order valence-corrected chi connectivity index (χ2v) is 9.26. The van der Waals surface area contributed by atoms with Crippen LogP contribution >= 0.6 is 0 Å². The van der Waals surface area contributed by atoms with Crippen LogP contribution in [0.4, 0.5) is 11.4 Å². The lowest BCUT2D eigenvalue weighted by Crippen LogP contribution is -2.27. The SMILES string of the molecule is COc1cc(NC(=O)c2cc(C(=O)Nc3cc(OC)cc(OC)c3)c3c(c2)C(=O)c2ccccc2C3=O)cc(OC)c1. The Morgan fingerprint density at radius 2 is 1.00 bits per heavy atom. The molecule has 0 atom stereocenters. The zero-order valence-corrected chi connectivity index (χ0v) is 23.2. The molecule has 0 fully saturated rings. The Hall–Kier alpha value is -5.64. The van der Waals surface area contributed by atoms with Crippen LogP contribution < -0.4 is 29.6 Å². The molecule has 5 rings (SSSR count). The van der Waals surface area contributed by atoms with E-state index in [1.807, 2.05) is 0 Å². The Kier molecular flexibility index (Phi) is 7.61. The van der Waals surface area contributed by atoms with E-state index in [-0.39, 0.29) is 33.4 Å². The number of methoxy groups -OCH3 is 4. The summed E-state index contributed by atoms with van der Waals surface area (Å²) in [5, 5.41) is 5.48. The lowest BCUT2D eigenvalue weighted by molar-refractivity contribution is 0.0968. The van der Waals surface area contributed by atoms with Gasteiger partial charge in [-0.25, -0.2) is 0 Å². The van der Waals surface area contributed by atoms with E-state index in [0.29, 0.717) is 34.4 Å². The predicted octanol–water partition coefficient (Wildman–Crippen LogP) is 5.00. The van der Waals surface area contributed by atoms with Crippen LogP contribution in [0, 0.1) is 0 Å². The second-order valence-electron chi connectivity index (χ2n) is 9.26. The van der Waals surface area contributed by atoms with Crippen LogP contribution in [0.25, 0.3) is 0 Å². The van der Waals surface area contributed by atoms with Gasteiger partial charge in [0.25, 0.3) is 11.8 Å². The van der Waals surface area contributed by atoms with Crippen molar-refractivity contribution in [2.75, 3.05) is 39.1 Å². The first-order valence-corrected chi connectivity index (χ1v) is 12.7. The Morgan fingerprint density at radius 1 is 0.548 bits per heavy atom. The van der Waals surface area contributed by atoms with Crippen LogP contribution in [-0.4, -0.2) is 51.8 Å². The Bertz CT molecular complexity index is 1720. The minimum Gasteiger partial charge on any atom is -0.497 e. The van der Waals surface area contributed by atoms with Gasteiger partial charge in [-0.2, -0.15) is 0 Å². The summed E-state index contributed by atoms with van der Waals surface area (Å²) in [5.41, 5.74) is 0.740. The molecule has 0 saturated carbocycles. The highest BCUT2D eigenvalue weighted by atomic mass is 16.5.